The lowest BCUT2D eigenvalue weighted by Crippen LogP contribution is -2.37. The number of carboxylic acid groups (broad SMARTS) is 1. The van der Waals surface area contributed by atoms with Gasteiger partial charge in [-0.3, -0.25) is 24.1 Å². The van der Waals surface area contributed by atoms with Gasteiger partial charge in [-0.2, -0.15) is 0 Å². The summed E-state index contributed by atoms with van der Waals surface area (Å²) in [5.74, 6) is 1.77. The van der Waals surface area contributed by atoms with Gasteiger partial charge in [0.15, 0.2) is 23.0 Å². The number of fused-ring (bicyclic) bond motifs is 2. The van der Waals surface area contributed by atoms with Crippen LogP contribution in [0.15, 0.2) is 60.7 Å². The van der Waals surface area contributed by atoms with Gasteiger partial charge in [-0.05, 0) is 84.1 Å². The van der Waals surface area contributed by atoms with Gasteiger partial charge in [0.05, 0.1) is 14.2 Å². The summed E-state index contributed by atoms with van der Waals surface area (Å²) in [4.78, 5) is 55.9. The van der Waals surface area contributed by atoms with Gasteiger partial charge in [-0.15, -0.1) is 0 Å². The molecular weight excluding hydrogens is 724 g/mol. The summed E-state index contributed by atoms with van der Waals surface area (Å²) in [5.41, 5.74) is 1.05. The molecule has 0 fully saturated rings. The fourth-order valence-corrected chi connectivity index (χ4v) is 4.54. The Labute approximate surface area is 318 Å². The Hall–Kier alpha value is -5.76. The topological polar surface area (TPSA) is 176 Å². The van der Waals surface area contributed by atoms with Crippen LogP contribution in [0.3, 0.4) is 0 Å². The molecule has 2 aromatic rings. The summed E-state index contributed by atoms with van der Waals surface area (Å²) in [6.07, 6.45) is 13.8. The molecule has 3 amide bonds. The van der Waals surface area contributed by atoms with Crippen molar-refractivity contribution in [1.82, 2.24) is 10.2 Å². The normalized spacial score (nSPS) is 15.4. The first-order valence-electron chi connectivity index (χ1n) is 16.9. The molecule has 0 atom stereocenters. The minimum absolute atomic E-state index is 0.0336. The number of methoxy groups -OCH3 is 2. The van der Waals surface area contributed by atoms with Gasteiger partial charge in [0.1, 0.15) is 26.4 Å². The van der Waals surface area contributed by atoms with Gasteiger partial charge in [-0.1, -0.05) is 32.9 Å². The van der Waals surface area contributed by atoms with E-state index in [0.29, 0.717) is 79.5 Å². The van der Waals surface area contributed by atoms with Crippen molar-refractivity contribution in [3.63, 3.8) is 0 Å². The fraction of sp³-hybridized carbons (Fsp3) is 0.359. The van der Waals surface area contributed by atoms with Crippen LogP contribution in [0.5, 0.6) is 34.5 Å². The lowest BCUT2D eigenvalue weighted by molar-refractivity contribution is -0.139. The van der Waals surface area contributed by atoms with Crippen LogP contribution in [-0.4, -0.2) is 92.7 Å². The molecule has 0 saturated carbocycles. The van der Waals surface area contributed by atoms with Crippen molar-refractivity contribution in [1.29, 1.82) is 0 Å². The number of carbonyl (C=O) groups excluding carboxylic acids is 4. The number of rotatable bonds is 6. The molecular formula is C39H45ClN2O12. The summed E-state index contributed by atoms with van der Waals surface area (Å²) in [7, 11) is 3.07. The quantitative estimate of drug-likeness (QED) is 0.290. The third-order valence-corrected chi connectivity index (χ3v) is 7.89. The summed E-state index contributed by atoms with van der Waals surface area (Å²) in [5, 5.41) is 10.9. The van der Waals surface area contributed by atoms with Crippen molar-refractivity contribution in [3.05, 3.63) is 71.8 Å². The maximum atomic E-state index is 12.1. The van der Waals surface area contributed by atoms with E-state index < -0.39 is 5.97 Å². The van der Waals surface area contributed by atoms with E-state index in [1.807, 2.05) is 6.08 Å². The van der Waals surface area contributed by atoms with E-state index in [0.717, 1.165) is 24.6 Å². The van der Waals surface area contributed by atoms with Crippen LogP contribution < -0.4 is 33.7 Å². The Bertz CT molecular complexity index is 1760. The SMILES string of the molecule is CC(C)(C)C(=O)Cl.COc1cc(/C=C/C(=O)N2CCC=CC2=O)cc2c1OCCO2.COc1cc(/C=C/C(=O)O)cc2c1OCCO2.O=C1C=CCCN1. The Morgan fingerprint density at radius 1 is 0.796 bits per heavy atom. The van der Waals surface area contributed by atoms with E-state index >= 15 is 0 Å². The van der Waals surface area contributed by atoms with Crippen LogP contribution in [0.4, 0.5) is 0 Å². The highest BCUT2D eigenvalue weighted by molar-refractivity contribution is 6.64. The molecule has 4 heterocycles. The number of hydrogen-bond donors (Lipinski definition) is 2. The fourth-order valence-electron chi connectivity index (χ4n) is 4.54. The monoisotopic (exact) mass is 768 g/mol. The maximum absolute atomic E-state index is 12.1. The molecule has 6 rings (SSSR count). The highest BCUT2D eigenvalue weighted by Gasteiger charge is 2.21. The Morgan fingerprint density at radius 2 is 1.30 bits per heavy atom. The summed E-state index contributed by atoms with van der Waals surface area (Å²) in [6, 6.07) is 6.96. The molecule has 0 spiro atoms. The van der Waals surface area contributed by atoms with Crippen LogP contribution in [0.1, 0.15) is 44.7 Å². The first-order chi connectivity index (χ1) is 25.7. The Kier molecular flexibility index (Phi) is 16.6. The first kappa shape index (κ1) is 42.7. The van der Waals surface area contributed by atoms with Gasteiger partial charge in [0, 0.05) is 30.7 Å². The second kappa shape index (κ2) is 21.1. The predicted octanol–water partition coefficient (Wildman–Crippen LogP) is 5.22. The molecule has 290 valence electrons. The zero-order valence-electron chi connectivity index (χ0n) is 30.8. The van der Waals surface area contributed by atoms with Crippen molar-refractivity contribution in [2.24, 2.45) is 5.41 Å². The van der Waals surface area contributed by atoms with E-state index in [9.17, 15) is 24.0 Å². The van der Waals surface area contributed by atoms with E-state index in [4.69, 9.17) is 45.1 Å². The maximum Gasteiger partial charge on any atom is 0.328 e. The number of carboxylic acids is 1. The molecule has 0 radical (unpaired) electrons. The molecule has 0 aliphatic carbocycles. The van der Waals surface area contributed by atoms with Gasteiger partial charge in [0.2, 0.25) is 22.6 Å². The largest absolute Gasteiger partial charge is 0.493 e. The number of imide groups is 1. The van der Waals surface area contributed by atoms with Crippen molar-refractivity contribution in [2.45, 2.75) is 33.6 Å². The van der Waals surface area contributed by atoms with Crippen molar-refractivity contribution in [3.8, 4) is 34.5 Å². The Morgan fingerprint density at radius 3 is 1.70 bits per heavy atom. The van der Waals surface area contributed by atoms with E-state index in [1.54, 1.807) is 70.4 Å². The number of amides is 3. The third kappa shape index (κ3) is 13.7. The van der Waals surface area contributed by atoms with Gasteiger partial charge < -0.3 is 38.8 Å². The first-order valence-corrected chi connectivity index (χ1v) is 17.3. The van der Waals surface area contributed by atoms with Crippen LogP contribution >= 0.6 is 11.6 Å². The number of carbonyl (C=O) groups is 5. The third-order valence-electron chi connectivity index (χ3n) is 7.32. The van der Waals surface area contributed by atoms with Gasteiger partial charge in [-0.25, -0.2) is 4.79 Å². The zero-order chi connectivity index (χ0) is 39.7. The molecule has 0 bridgehead atoms. The summed E-state index contributed by atoms with van der Waals surface area (Å²) in [6.45, 7) is 8.44. The predicted molar refractivity (Wildman–Crippen MR) is 201 cm³/mol. The van der Waals surface area contributed by atoms with Crippen molar-refractivity contribution >= 4 is 52.7 Å². The van der Waals surface area contributed by atoms with Gasteiger partial charge in [0.25, 0.3) is 11.8 Å². The molecule has 2 N–H and O–H groups in total. The molecule has 0 unspecified atom stereocenters. The second-order valence-electron chi connectivity index (χ2n) is 12.5. The number of nitrogens with zero attached hydrogens (tertiary/aromatic N) is 1. The number of aliphatic carboxylic acids is 1. The Balaban J connectivity index is 0.000000220. The van der Waals surface area contributed by atoms with Gasteiger partial charge >= 0.3 is 5.97 Å². The van der Waals surface area contributed by atoms with Crippen molar-refractivity contribution in [2.75, 3.05) is 53.7 Å². The van der Waals surface area contributed by atoms with E-state index in [2.05, 4.69) is 5.32 Å². The minimum Gasteiger partial charge on any atom is -0.493 e. The second-order valence-corrected chi connectivity index (χ2v) is 12.9. The number of benzene rings is 2. The van der Waals surface area contributed by atoms with Crippen LogP contribution in [0, 0.1) is 5.41 Å². The minimum atomic E-state index is -1.00. The standard InChI is InChI=1S/C17H17NO5.C12H12O5.C5H9ClO.C5H7NO/c1-21-13-10-12(11-14-17(13)23-9-8-22-14)5-6-16(20)18-7-3-2-4-15(18)19;1-15-9-6-8(2-3-11(13)14)7-10-12(9)17-5-4-16-10;1-5(2,3)4(6)7;7-5-3-1-2-4-6-5/h2,4-6,10-11H,3,7-9H2,1H3;2-3,6-7H,4-5H2,1H3,(H,13,14);1-3H3;1,3H,2,4H2,(H,6,7)/b6-5+;3-2+;;. The summed E-state index contributed by atoms with van der Waals surface area (Å²) < 4.78 is 32.4. The molecule has 0 saturated heterocycles. The highest BCUT2D eigenvalue weighted by Crippen LogP contribution is 2.41. The van der Waals surface area contributed by atoms with Crippen LogP contribution in [0.25, 0.3) is 12.2 Å². The number of ether oxygens (including phenoxy) is 6. The summed E-state index contributed by atoms with van der Waals surface area (Å²) >= 11 is 5.11. The zero-order valence-corrected chi connectivity index (χ0v) is 31.6. The number of hydrogen-bond acceptors (Lipinski definition) is 11. The molecule has 4 aliphatic heterocycles. The number of halogens is 1. The smallest absolute Gasteiger partial charge is 0.328 e. The molecule has 4 aliphatic rings. The molecule has 54 heavy (non-hydrogen) atoms. The lowest BCUT2D eigenvalue weighted by atomic mass is 10.00. The van der Waals surface area contributed by atoms with Crippen LogP contribution in [-0.2, 0) is 24.0 Å². The molecule has 14 nitrogen and oxygen atoms in total. The molecule has 2 aromatic carbocycles. The average molecular weight is 769 g/mol. The van der Waals surface area contributed by atoms with Crippen LogP contribution in [0.2, 0.25) is 0 Å². The van der Waals surface area contributed by atoms with E-state index in [-0.39, 0.29) is 28.4 Å². The molecule has 0 aromatic heterocycles. The number of nitrogens with one attached hydrogen (secondary N) is 1. The highest BCUT2D eigenvalue weighted by atomic mass is 35.5. The lowest BCUT2D eigenvalue weighted by Gasteiger charge is -2.21. The van der Waals surface area contributed by atoms with Crippen molar-refractivity contribution < 1.29 is 57.5 Å². The van der Waals surface area contributed by atoms with E-state index in [1.165, 1.54) is 30.2 Å². The molecule has 15 heteroatoms. The average Bonchev–Trinajstić information content (AvgIpc) is 3.16.